The minimum Gasteiger partial charge on any atom is -0.370 e. The van der Waals surface area contributed by atoms with Gasteiger partial charge in [-0.1, -0.05) is 19.9 Å². The van der Waals surface area contributed by atoms with Crippen molar-refractivity contribution < 1.29 is 0 Å². The fourth-order valence-corrected chi connectivity index (χ4v) is 1.74. The van der Waals surface area contributed by atoms with E-state index in [0.29, 0.717) is 12.5 Å². The SMILES string of the molecule is Cc1nc(NCc2ccccn2)cc(NCC(C)C)n1. The highest BCUT2D eigenvalue weighted by Gasteiger charge is 2.03. The third kappa shape index (κ3) is 4.50. The molecule has 0 saturated carbocycles. The first-order valence-corrected chi connectivity index (χ1v) is 6.87. The van der Waals surface area contributed by atoms with Crippen LogP contribution in [0.15, 0.2) is 30.5 Å². The Balaban J connectivity index is 2.00. The van der Waals surface area contributed by atoms with Gasteiger partial charge in [-0.15, -0.1) is 0 Å². The Hall–Kier alpha value is -2.17. The zero-order chi connectivity index (χ0) is 14.4. The summed E-state index contributed by atoms with van der Waals surface area (Å²) in [6.07, 6.45) is 1.79. The number of anilines is 2. The van der Waals surface area contributed by atoms with Crippen LogP contribution in [0.5, 0.6) is 0 Å². The normalized spacial score (nSPS) is 10.6. The average molecular weight is 271 g/mol. The van der Waals surface area contributed by atoms with Crippen LogP contribution >= 0.6 is 0 Å². The van der Waals surface area contributed by atoms with E-state index in [2.05, 4.69) is 39.4 Å². The monoisotopic (exact) mass is 271 g/mol. The molecule has 2 aromatic rings. The fraction of sp³-hybridized carbons (Fsp3) is 0.400. The number of aryl methyl sites for hydroxylation is 1. The van der Waals surface area contributed by atoms with E-state index >= 15 is 0 Å². The van der Waals surface area contributed by atoms with Crippen molar-refractivity contribution in [3.63, 3.8) is 0 Å². The summed E-state index contributed by atoms with van der Waals surface area (Å²) in [5, 5.41) is 6.59. The van der Waals surface area contributed by atoms with Crippen molar-refractivity contribution >= 4 is 11.6 Å². The number of rotatable bonds is 6. The summed E-state index contributed by atoms with van der Waals surface area (Å²) in [6, 6.07) is 7.80. The van der Waals surface area contributed by atoms with Crippen LogP contribution in [0, 0.1) is 12.8 Å². The Labute approximate surface area is 119 Å². The quantitative estimate of drug-likeness (QED) is 0.846. The minimum atomic E-state index is 0.579. The Bertz CT molecular complexity index is 539. The molecule has 2 N–H and O–H groups in total. The van der Waals surface area contributed by atoms with Crippen molar-refractivity contribution in [3.8, 4) is 0 Å². The smallest absolute Gasteiger partial charge is 0.132 e. The molecule has 0 radical (unpaired) electrons. The van der Waals surface area contributed by atoms with E-state index in [0.717, 1.165) is 29.7 Å². The van der Waals surface area contributed by atoms with E-state index in [-0.39, 0.29) is 0 Å². The minimum absolute atomic E-state index is 0.579. The molecule has 5 nitrogen and oxygen atoms in total. The van der Waals surface area contributed by atoms with Gasteiger partial charge in [0.15, 0.2) is 0 Å². The maximum atomic E-state index is 4.39. The molecule has 0 unspecified atom stereocenters. The summed E-state index contributed by atoms with van der Waals surface area (Å²) in [5.74, 6) is 3.00. The Morgan fingerprint density at radius 2 is 1.85 bits per heavy atom. The second-order valence-electron chi connectivity index (χ2n) is 5.14. The molecule has 0 aliphatic heterocycles. The highest BCUT2D eigenvalue weighted by molar-refractivity contribution is 5.47. The Morgan fingerprint density at radius 3 is 2.50 bits per heavy atom. The van der Waals surface area contributed by atoms with E-state index in [1.54, 1.807) is 6.20 Å². The van der Waals surface area contributed by atoms with Gasteiger partial charge in [-0.25, -0.2) is 9.97 Å². The number of hydrogen-bond acceptors (Lipinski definition) is 5. The van der Waals surface area contributed by atoms with E-state index in [1.165, 1.54) is 0 Å². The molecule has 2 heterocycles. The van der Waals surface area contributed by atoms with Gasteiger partial charge in [-0.05, 0) is 25.0 Å². The molecule has 0 amide bonds. The van der Waals surface area contributed by atoms with Crippen molar-refractivity contribution in [1.29, 1.82) is 0 Å². The molecule has 0 spiro atoms. The zero-order valence-electron chi connectivity index (χ0n) is 12.2. The van der Waals surface area contributed by atoms with Gasteiger partial charge in [0.1, 0.15) is 17.5 Å². The van der Waals surface area contributed by atoms with Crippen molar-refractivity contribution in [2.45, 2.75) is 27.3 Å². The number of hydrogen-bond donors (Lipinski definition) is 2. The maximum Gasteiger partial charge on any atom is 0.132 e. The van der Waals surface area contributed by atoms with Gasteiger partial charge in [0.05, 0.1) is 12.2 Å². The summed E-state index contributed by atoms with van der Waals surface area (Å²) in [5.41, 5.74) is 0.987. The van der Waals surface area contributed by atoms with Gasteiger partial charge in [-0.2, -0.15) is 0 Å². The van der Waals surface area contributed by atoms with Crippen LogP contribution in [0.1, 0.15) is 25.4 Å². The molecule has 5 heteroatoms. The number of nitrogens with one attached hydrogen (secondary N) is 2. The van der Waals surface area contributed by atoms with Crippen LogP contribution in [0.25, 0.3) is 0 Å². The Morgan fingerprint density at radius 1 is 1.10 bits per heavy atom. The van der Waals surface area contributed by atoms with Gasteiger partial charge in [-0.3, -0.25) is 4.98 Å². The summed E-state index contributed by atoms with van der Waals surface area (Å²) in [4.78, 5) is 13.0. The molecule has 0 saturated heterocycles. The molecule has 0 aliphatic rings. The van der Waals surface area contributed by atoms with Crippen LogP contribution in [-0.4, -0.2) is 21.5 Å². The summed E-state index contributed by atoms with van der Waals surface area (Å²) < 4.78 is 0. The lowest BCUT2D eigenvalue weighted by Gasteiger charge is -2.11. The van der Waals surface area contributed by atoms with E-state index in [4.69, 9.17) is 0 Å². The van der Waals surface area contributed by atoms with Gasteiger partial charge in [0.25, 0.3) is 0 Å². The van der Waals surface area contributed by atoms with Crippen molar-refractivity contribution in [2.24, 2.45) is 5.92 Å². The van der Waals surface area contributed by atoms with Crippen molar-refractivity contribution in [2.75, 3.05) is 17.2 Å². The second-order valence-corrected chi connectivity index (χ2v) is 5.14. The van der Waals surface area contributed by atoms with Gasteiger partial charge < -0.3 is 10.6 Å². The highest BCUT2D eigenvalue weighted by atomic mass is 15.1. The number of aromatic nitrogens is 3. The molecule has 2 rings (SSSR count). The third-order valence-corrected chi connectivity index (χ3v) is 2.71. The predicted molar refractivity (Wildman–Crippen MR) is 81.7 cm³/mol. The van der Waals surface area contributed by atoms with Gasteiger partial charge in [0.2, 0.25) is 0 Å². The molecule has 2 aromatic heterocycles. The molecule has 0 aromatic carbocycles. The lowest BCUT2D eigenvalue weighted by molar-refractivity contribution is 0.686. The molecule has 106 valence electrons. The van der Waals surface area contributed by atoms with Crippen LogP contribution in [-0.2, 0) is 6.54 Å². The fourth-order valence-electron chi connectivity index (χ4n) is 1.74. The lowest BCUT2D eigenvalue weighted by Crippen LogP contribution is -2.11. The topological polar surface area (TPSA) is 62.7 Å². The first-order valence-electron chi connectivity index (χ1n) is 6.87. The second kappa shape index (κ2) is 6.84. The first kappa shape index (κ1) is 14.2. The van der Waals surface area contributed by atoms with E-state index in [9.17, 15) is 0 Å². The largest absolute Gasteiger partial charge is 0.370 e. The molecular formula is C15H21N5. The Kier molecular flexibility index (Phi) is 4.87. The lowest BCUT2D eigenvalue weighted by atomic mass is 10.2. The summed E-state index contributed by atoms with van der Waals surface area (Å²) in [7, 11) is 0. The molecule has 20 heavy (non-hydrogen) atoms. The average Bonchev–Trinajstić information content (AvgIpc) is 2.44. The van der Waals surface area contributed by atoms with Gasteiger partial charge >= 0.3 is 0 Å². The summed E-state index contributed by atoms with van der Waals surface area (Å²) in [6.45, 7) is 7.78. The van der Waals surface area contributed by atoms with Crippen LogP contribution in [0.2, 0.25) is 0 Å². The molecule has 0 bridgehead atoms. The standard InChI is InChI=1S/C15H21N5/c1-11(2)9-17-14-8-15(20-12(3)19-14)18-10-13-6-4-5-7-16-13/h4-8,11H,9-10H2,1-3H3,(H2,17,18,19,20). The van der Waals surface area contributed by atoms with E-state index in [1.807, 2.05) is 31.2 Å². The number of nitrogens with zero attached hydrogens (tertiary/aromatic N) is 3. The van der Waals surface area contributed by atoms with Crippen LogP contribution < -0.4 is 10.6 Å². The van der Waals surface area contributed by atoms with Crippen LogP contribution in [0.4, 0.5) is 11.6 Å². The molecule has 0 atom stereocenters. The maximum absolute atomic E-state index is 4.39. The van der Waals surface area contributed by atoms with E-state index < -0.39 is 0 Å². The number of pyridine rings is 1. The first-order chi connectivity index (χ1) is 9.63. The molecule has 0 aliphatic carbocycles. The van der Waals surface area contributed by atoms with Gasteiger partial charge in [0, 0.05) is 18.8 Å². The molecule has 0 fully saturated rings. The van der Waals surface area contributed by atoms with Crippen LogP contribution in [0.3, 0.4) is 0 Å². The zero-order valence-corrected chi connectivity index (χ0v) is 12.2. The summed E-state index contributed by atoms with van der Waals surface area (Å²) >= 11 is 0. The third-order valence-electron chi connectivity index (χ3n) is 2.71. The molecular weight excluding hydrogens is 250 g/mol. The highest BCUT2D eigenvalue weighted by Crippen LogP contribution is 2.12. The van der Waals surface area contributed by atoms with Crippen molar-refractivity contribution in [1.82, 2.24) is 15.0 Å². The van der Waals surface area contributed by atoms with Crippen molar-refractivity contribution in [3.05, 3.63) is 42.0 Å². The predicted octanol–water partition coefficient (Wildman–Crippen LogP) is 2.86.